The van der Waals surface area contributed by atoms with Gasteiger partial charge in [0.15, 0.2) is 56.4 Å². The Balaban J connectivity index is 1.47. The maximum Gasteiger partial charge on any atom is 0.332 e. The number of benzene rings is 3. The molecule has 0 aromatic heterocycles. The van der Waals surface area contributed by atoms with Crippen LogP contribution in [0.2, 0.25) is 0 Å². The number of ether oxygens (including phenoxy) is 6. The number of halogens is 1. The van der Waals surface area contributed by atoms with Gasteiger partial charge in [0, 0.05) is 18.5 Å². The van der Waals surface area contributed by atoms with Crippen molar-refractivity contribution in [1.82, 2.24) is 21.3 Å². The lowest BCUT2D eigenvalue weighted by Gasteiger charge is -2.25. The highest BCUT2D eigenvalue weighted by Gasteiger charge is 2.35. The van der Waals surface area contributed by atoms with E-state index in [-0.39, 0.29) is 55.5 Å². The number of esters is 3. The fourth-order valence-electron chi connectivity index (χ4n) is 5.40. The van der Waals surface area contributed by atoms with Crippen molar-refractivity contribution < 1.29 is 97.4 Å². The van der Waals surface area contributed by atoms with Gasteiger partial charge in [-0.25, -0.2) is 14.4 Å². The highest BCUT2D eigenvalue weighted by atomic mass is 127. The summed E-state index contributed by atoms with van der Waals surface area (Å²) in [5.41, 5.74) is -2.16. The minimum Gasteiger partial charge on any atom is -0.504 e. The molecule has 1 aliphatic rings. The first-order valence-electron chi connectivity index (χ1n) is 19.2. The summed E-state index contributed by atoms with van der Waals surface area (Å²) in [7, 11) is 0. The molecule has 0 bridgehead atoms. The van der Waals surface area contributed by atoms with Gasteiger partial charge in [-0.05, 0) is 59.0 Å². The molecule has 65 heavy (non-hydrogen) atoms. The molecule has 3 aromatic carbocycles. The molecular weight excluding hydrogens is 983 g/mol. The summed E-state index contributed by atoms with van der Waals surface area (Å²) in [6.45, 7) is -1.94. The molecule has 0 spiro atoms. The number of carbonyl (C=O) groups is 8. The third-order valence-corrected chi connectivity index (χ3v) is 9.32. The molecular formula is C40H43IN4O20. The van der Waals surface area contributed by atoms with Gasteiger partial charge >= 0.3 is 17.9 Å². The zero-order valence-corrected chi connectivity index (χ0v) is 36.1. The Bertz CT molecular complexity index is 2190. The van der Waals surface area contributed by atoms with Crippen LogP contribution in [0.1, 0.15) is 47.9 Å². The maximum absolute atomic E-state index is 13.6. The predicted octanol–water partition coefficient (Wildman–Crippen LogP) is -0.610. The smallest absolute Gasteiger partial charge is 0.332 e. The minimum absolute atomic E-state index is 0.0205. The van der Waals surface area contributed by atoms with Crippen LogP contribution in [-0.4, -0.2) is 160 Å². The average Bonchev–Trinajstić information content (AvgIpc) is 3.27. The minimum atomic E-state index is -2.00. The van der Waals surface area contributed by atoms with Gasteiger partial charge in [0.25, 0.3) is 23.6 Å². The van der Waals surface area contributed by atoms with Crippen LogP contribution in [0.4, 0.5) is 0 Å². The molecule has 1 heterocycles. The number of hydrogen-bond acceptors (Lipinski definition) is 20. The lowest BCUT2D eigenvalue weighted by molar-refractivity contribution is -0.160. The molecule has 0 aliphatic carbocycles. The normalized spacial score (nSPS) is 16.6. The Morgan fingerprint density at radius 1 is 0.538 bits per heavy atom. The summed E-state index contributed by atoms with van der Waals surface area (Å²) in [6.07, 6.45) is 0.291. The number of para-hydroxylation sites is 2. The number of aromatic hydroxyl groups is 6. The van der Waals surface area contributed by atoms with Gasteiger partial charge < -0.3 is 80.3 Å². The lowest BCUT2D eigenvalue weighted by Crippen LogP contribution is -2.52. The van der Waals surface area contributed by atoms with E-state index in [1.54, 1.807) is 22.6 Å². The second kappa shape index (κ2) is 24.8. The first-order valence-corrected chi connectivity index (χ1v) is 20.3. The summed E-state index contributed by atoms with van der Waals surface area (Å²) in [4.78, 5) is 104. The van der Waals surface area contributed by atoms with Gasteiger partial charge in [-0.2, -0.15) is 0 Å². The zero-order valence-electron chi connectivity index (χ0n) is 33.9. The molecule has 25 heteroatoms. The quantitative estimate of drug-likeness (QED) is 0.0179. The van der Waals surface area contributed by atoms with Crippen molar-refractivity contribution in [1.29, 1.82) is 0 Å². The van der Waals surface area contributed by atoms with Gasteiger partial charge in [0.1, 0.15) is 19.8 Å². The Kier molecular flexibility index (Phi) is 19.3. The van der Waals surface area contributed by atoms with Crippen LogP contribution < -0.4 is 21.3 Å². The number of cyclic esters (lactones) is 3. The summed E-state index contributed by atoms with van der Waals surface area (Å²) in [6, 6.07) is 2.50. The summed E-state index contributed by atoms with van der Waals surface area (Å²) >= 11 is 1.67. The Morgan fingerprint density at radius 3 is 1.38 bits per heavy atom. The largest absolute Gasteiger partial charge is 0.504 e. The number of hydrogen-bond donors (Lipinski definition) is 10. The predicted molar refractivity (Wildman–Crippen MR) is 224 cm³/mol. The van der Waals surface area contributed by atoms with E-state index in [1.165, 1.54) is 12.1 Å². The molecule has 0 saturated carbocycles. The van der Waals surface area contributed by atoms with E-state index in [9.17, 15) is 69.0 Å². The second-order valence-electron chi connectivity index (χ2n) is 13.4. The number of amides is 4. The fourth-order valence-corrected chi connectivity index (χ4v) is 5.62. The van der Waals surface area contributed by atoms with Crippen LogP contribution in [0, 0.1) is 0 Å². The topological polar surface area (TPSA) is 361 Å². The molecule has 1 saturated heterocycles. The summed E-state index contributed by atoms with van der Waals surface area (Å²) in [5, 5.41) is 70.0. The molecule has 0 unspecified atom stereocenters. The molecule has 3 atom stereocenters. The molecule has 1 fully saturated rings. The molecule has 4 rings (SSSR count). The van der Waals surface area contributed by atoms with E-state index in [0.717, 1.165) is 36.4 Å². The highest BCUT2D eigenvalue weighted by molar-refractivity contribution is 14.1. The zero-order chi connectivity index (χ0) is 47.6. The lowest BCUT2D eigenvalue weighted by atomic mass is 10.1. The molecule has 1 aliphatic heterocycles. The molecule has 3 aromatic rings. The first-order chi connectivity index (χ1) is 31.0. The fraction of sp³-hybridized carbons (Fsp3) is 0.350. The van der Waals surface area contributed by atoms with E-state index < -0.39 is 131 Å². The maximum atomic E-state index is 13.6. The molecule has 350 valence electrons. The van der Waals surface area contributed by atoms with Crippen LogP contribution >= 0.6 is 22.6 Å². The van der Waals surface area contributed by atoms with Gasteiger partial charge in [-0.1, -0.05) is 12.1 Å². The third-order valence-electron chi connectivity index (χ3n) is 8.78. The standard InChI is InChI=1S/C40H43IN4O20/c41-30(49)7-9-60-11-13-62-14-12-61-10-8-42-34(53)20-15-23(33(52)29(48)16-20)37(56)45-26-19-65-39(58)24(43-35(54)21-3-1-5-27(46)31(21)50)17-63-38(57)25(18-64-40(26)59)44-36(55)22-4-2-6-28(47)32(22)51/h1-6,15-16,24-26,46-48,50-52H,7-14,17-19H2,(H,42,53)(H,43,54)(H,44,55)(H,45,56)/t24-,25-,26-/m0/s1. The van der Waals surface area contributed by atoms with Crippen LogP contribution in [0.3, 0.4) is 0 Å². The highest BCUT2D eigenvalue weighted by Crippen LogP contribution is 2.31. The van der Waals surface area contributed by atoms with E-state index in [4.69, 9.17) is 28.4 Å². The number of carbonyl (C=O) groups excluding carboxylic acids is 8. The SMILES string of the molecule is O=C(I)CCOCCOCCOCCNC(=O)c1cc(O)c(O)c(C(=O)N[C@H]2COC(=O)[C@@H](NC(=O)c3cccc(O)c3O)COC(=O)[C@@H](NC(=O)c3cccc(O)c3O)COC2=O)c1. The van der Waals surface area contributed by atoms with Crippen molar-refractivity contribution in [2.24, 2.45) is 0 Å². The monoisotopic (exact) mass is 1030 g/mol. The van der Waals surface area contributed by atoms with Crippen molar-refractivity contribution in [2.75, 3.05) is 66.0 Å². The van der Waals surface area contributed by atoms with Crippen LogP contribution in [0.15, 0.2) is 48.5 Å². The molecule has 24 nitrogen and oxygen atoms in total. The Hall–Kier alpha value is -6.97. The summed E-state index contributed by atoms with van der Waals surface area (Å²) in [5.74, 6) is -13.9. The van der Waals surface area contributed by atoms with Crippen LogP contribution in [0.25, 0.3) is 0 Å². The number of phenolic OH excluding ortho intramolecular Hbond substituents is 6. The van der Waals surface area contributed by atoms with Gasteiger partial charge in [0.05, 0.1) is 56.3 Å². The van der Waals surface area contributed by atoms with Crippen LogP contribution in [-0.2, 0) is 47.6 Å². The van der Waals surface area contributed by atoms with Gasteiger partial charge in [-0.3, -0.25) is 24.0 Å². The van der Waals surface area contributed by atoms with Gasteiger partial charge in [0.2, 0.25) is 0 Å². The Morgan fingerprint density at radius 2 is 0.938 bits per heavy atom. The van der Waals surface area contributed by atoms with E-state index in [1.807, 2.05) is 0 Å². The van der Waals surface area contributed by atoms with Crippen LogP contribution in [0.5, 0.6) is 34.5 Å². The first kappa shape index (κ1) is 50.7. The molecule has 10 N–H and O–H groups in total. The number of phenols is 6. The second-order valence-corrected chi connectivity index (χ2v) is 14.6. The Labute approximate surface area is 381 Å². The van der Waals surface area contributed by atoms with Gasteiger partial charge in [-0.15, -0.1) is 0 Å². The van der Waals surface area contributed by atoms with E-state index in [0.29, 0.717) is 6.42 Å². The number of nitrogens with one attached hydrogen (secondary N) is 4. The number of rotatable bonds is 19. The van der Waals surface area contributed by atoms with Crippen molar-refractivity contribution in [3.8, 4) is 34.5 Å². The van der Waals surface area contributed by atoms with Crippen molar-refractivity contribution in [3.63, 3.8) is 0 Å². The van der Waals surface area contributed by atoms with E-state index in [2.05, 4.69) is 21.3 Å². The summed E-state index contributed by atoms with van der Waals surface area (Å²) < 4.78 is 31.4. The molecule has 4 amide bonds. The van der Waals surface area contributed by atoms with Crippen molar-refractivity contribution in [3.05, 3.63) is 70.8 Å². The van der Waals surface area contributed by atoms with E-state index >= 15 is 0 Å². The van der Waals surface area contributed by atoms with Crippen molar-refractivity contribution >= 4 is 67.9 Å². The van der Waals surface area contributed by atoms with Crippen molar-refractivity contribution in [2.45, 2.75) is 24.5 Å². The third kappa shape index (κ3) is 15.1. The molecule has 0 radical (unpaired) electrons. The average molecular weight is 1030 g/mol.